The van der Waals surface area contributed by atoms with Crippen LogP contribution in [0.2, 0.25) is 0 Å². The minimum Gasteiger partial charge on any atom is -0.387 e. The lowest BCUT2D eigenvalue weighted by Gasteiger charge is -2.19. The van der Waals surface area contributed by atoms with Crippen LogP contribution in [0.3, 0.4) is 0 Å². The summed E-state index contributed by atoms with van der Waals surface area (Å²) in [4.78, 5) is 51.7. The highest BCUT2D eigenvalue weighted by Crippen LogP contribution is 2.66. The molecular formula is C17H24N3O14P3. The fourth-order valence-electron chi connectivity index (χ4n) is 2.93. The average Bonchev–Trinajstić information content (AvgIpc) is 3.02. The molecule has 0 aliphatic carbocycles. The predicted octanol–water partition coefficient (Wildman–Crippen LogP) is -0.667. The second-order valence-corrected chi connectivity index (χ2v) is 11.8. The highest BCUT2D eigenvalue weighted by atomic mass is 31.3. The monoisotopic (exact) mass is 587 g/mol. The molecule has 0 spiro atoms. The first-order valence-electron chi connectivity index (χ1n) is 10.2. The van der Waals surface area contributed by atoms with Gasteiger partial charge in [-0.15, -0.1) is 12.3 Å². The molecule has 0 aromatic carbocycles. The molecule has 0 bridgehead atoms. The van der Waals surface area contributed by atoms with Gasteiger partial charge >= 0.3 is 29.2 Å². The summed E-state index contributed by atoms with van der Waals surface area (Å²) in [5.74, 6) is 7.86. The topological polar surface area (TPSA) is 270 Å². The van der Waals surface area contributed by atoms with E-state index in [2.05, 4.69) is 35.9 Å². The quantitative estimate of drug-likeness (QED) is 0.0961. The molecule has 6 atom stereocenters. The third-order valence-corrected chi connectivity index (χ3v) is 8.31. The van der Waals surface area contributed by atoms with Gasteiger partial charge in [0.15, 0.2) is 6.23 Å². The van der Waals surface area contributed by atoms with Gasteiger partial charge in [0.2, 0.25) is 0 Å². The van der Waals surface area contributed by atoms with Crippen molar-refractivity contribution in [1.82, 2.24) is 9.55 Å². The highest BCUT2D eigenvalue weighted by Gasteiger charge is 2.46. The summed E-state index contributed by atoms with van der Waals surface area (Å²) in [5.41, 5.74) is 4.85. The number of nitrogens with two attached hydrogens (primary N) is 1. The molecule has 20 heteroatoms. The van der Waals surface area contributed by atoms with E-state index in [4.69, 9.17) is 31.6 Å². The summed E-state index contributed by atoms with van der Waals surface area (Å²) in [6, 6.07) is 0. The van der Waals surface area contributed by atoms with Gasteiger partial charge in [0.05, 0.1) is 12.2 Å². The van der Waals surface area contributed by atoms with Crippen molar-refractivity contribution in [2.75, 3.05) is 12.3 Å². The molecule has 2 rings (SSSR count). The third kappa shape index (κ3) is 9.72. The van der Waals surface area contributed by atoms with Gasteiger partial charge < -0.3 is 40.3 Å². The van der Waals surface area contributed by atoms with E-state index < -0.39 is 60.3 Å². The van der Waals surface area contributed by atoms with Gasteiger partial charge in [-0.05, 0) is 12.8 Å². The fraction of sp³-hybridized carbons (Fsp3) is 0.529. The maximum absolute atomic E-state index is 12.3. The summed E-state index contributed by atoms with van der Waals surface area (Å²) in [7, 11) is -16.9. The van der Waals surface area contributed by atoms with E-state index >= 15 is 0 Å². The minimum absolute atomic E-state index is 0.110. The molecule has 37 heavy (non-hydrogen) atoms. The number of unbranched alkanes of at least 4 members (excludes halogenated alkanes) is 3. The number of hydrogen-bond donors (Lipinski definition) is 7. The van der Waals surface area contributed by atoms with Crippen molar-refractivity contribution in [3.05, 3.63) is 22.2 Å². The van der Waals surface area contributed by atoms with E-state index in [-0.39, 0.29) is 11.4 Å². The molecule has 206 valence electrons. The third-order valence-electron chi connectivity index (χ3n) is 4.51. The molecule has 17 nitrogen and oxygen atoms in total. The van der Waals surface area contributed by atoms with Crippen LogP contribution in [0.1, 0.15) is 37.5 Å². The number of aliphatic hydroxyl groups excluding tert-OH is 2. The van der Waals surface area contributed by atoms with Crippen molar-refractivity contribution < 1.29 is 61.4 Å². The second kappa shape index (κ2) is 12.8. The summed E-state index contributed by atoms with van der Waals surface area (Å²) >= 11 is 0. The Morgan fingerprint density at radius 1 is 1.08 bits per heavy atom. The minimum atomic E-state index is -5.76. The number of aromatic nitrogens is 2. The van der Waals surface area contributed by atoms with Gasteiger partial charge in [-0.2, -0.15) is 13.6 Å². The molecule has 1 aliphatic rings. The molecule has 0 saturated carbocycles. The van der Waals surface area contributed by atoms with E-state index in [9.17, 15) is 33.6 Å². The standard InChI is InChI=1S/C17H24N3O14P3/c1-2-3-4-5-6-7-8-11-9-20(17(23)19-15(11)18)16-14(22)13(21)12(32-16)10-31-36(27,28)34-37(29,30)33-35(24,25)26/h1,9,12-14,16,21-22H,3-6,10H2,(H,27,28)(H,29,30)(H2,18,19,23)(H2,24,25,26)/t12-,13?,14+,16-/m1/s1. The molecule has 2 heterocycles. The van der Waals surface area contributed by atoms with E-state index in [0.29, 0.717) is 12.8 Å². The molecule has 8 N–H and O–H groups in total. The number of terminal acetylenes is 1. The normalized spacial score (nSPS) is 24.9. The number of aliphatic hydroxyl groups is 2. The van der Waals surface area contributed by atoms with Gasteiger partial charge in [0, 0.05) is 19.0 Å². The zero-order valence-electron chi connectivity index (χ0n) is 18.8. The van der Waals surface area contributed by atoms with Crippen LogP contribution in [0.4, 0.5) is 5.82 Å². The van der Waals surface area contributed by atoms with Crippen LogP contribution in [0.15, 0.2) is 11.0 Å². The SMILES string of the molecule is C#CCCCCC#Cc1cn([C@@H]2O[C@H](COP(=O)(O)OP(=O)(O)OP(=O)(O)O)C(O)[C@@H]2O)c(=O)nc1N. The van der Waals surface area contributed by atoms with E-state index in [1.807, 2.05) is 0 Å². The largest absolute Gasteiger partial charge is 0.490 e. The molecule has 1 aliphatic heterocycles. The van der Waals surface area contributed by atoms with Crippen LogP contribution in [0.5, 0.6) is 0 Å². The maximum atomic E-state index is 12.3. The number of ether oxygens (including phenoxy) is 1. The first-order valence-corrected chi connectivity index (χ1v) is 14.7. The number of phosphoric acid groups is 3. The van der Waals surface area contributed by atoms with Crippen molar-refractivity contribution in [2.24, 2.45) is 0 Å². The molecule has 0 radical (unpaired) electrons. The molecule has 1 fully saturated rings. The van der Waals surface area contributed by atoms with Crippen LogP contribution in [-0.2, 0) is 31.6 Å². The molecule has 0 amide bonds. The number of rotatable bonds is 11. The number of nitrogens with zero attached hydrogens (tertiary/aromatic N) is 2. The van der Waals surface area contributed by atoms with E-state index in [0.717, 1.165) is 23.6 Å². The molecule has 3 unspecified atom stereocenters. The first kappa shape index (κ1) is 31.3. The van der Waals surface area contributed by atoms with Crippen LogP contribution < -0.4 is 11.4 Å². The van der Waals surface area contributed by atoms with Crippen molar-refractivity contribution in [3.63, 3.8) is 0 Å². The van der Waals surface area contributed by atoms with Gasteiger partial charge in [-0.25, -0.2) is 18.5 Å². The van der Waals surface area contributed by atoms with Crippen LogP contribution >= 0.6 is 23.5 Å². The Morgan fingerprint density at radius 2 is 1.73 bits per heavy atom. The van der Waals surface area contributed by atoms with Gasteiger partial charge in [0.1, 0.15) is 24.1 Å². The summed E-state index contributed by atoms with van der Waals surface area (Å²) in [6.45, 7) is -1.06. The summed E-state index contributed by atoms with van der Waals surface area (Å²) in [5, 5.41) is 20.6. The lowest BCUT2D eigenvalue weighted by atomic mass is 10.1. The Labute approximate surface area is 209 Å². The van der Waals surface area contributed by atoms with Gasteiger partial charge in [0.25, 0.3) is 0 Å². The first-order chi connectivity index (χ1) is 17.1. The zero-order valence-corrected chi connectivity index (χ0v) is 21.4. The maximum Gasteiger partial charge on any atom is 0.490 e. The fourth-order valence-corrected chi connectivity index (χ4v) is 5.96. The Bertz CT molecular complexity index is 1280. The lowest BCUT2D eigenvalue weighted by molar-refractivity contribution is -0.0541. The Kier molecular flexibility index (Phi) is 10.8. The van der Waals surface area contributed by atoms with Crippen molar-refractivity contribution in [2.45, 2.75) is 50.2 Å². The molecule has 1 saturated heterocycles. The Balaban J connectivity index is 2.12. The lowest BCUT2D eigenvalue weighted by Crippen LogP contribution is -2.36. The van der Waals surface area contributed by atoms with Gasteiger partial charge in [-0.3, -0.25) is 9.09 Å². The van der Waals surface area contributed by atoms with E-state index in [1.54, 1.807) is 0 Å². The van der Waals surface area contributed by atoms with Gasteiger partial charge in [-0.1, -0.05) is 11.8 Å². The summed E-state index contributed by atoms with van der Waals surface area (Å²) < 4.78 is 51.6. The Hall–Kier alpha value is -1.91. The number of hydrogen-bond acceptors (Lipinski definition) is 12. The second-order valence-electron chi connectivity index (χ2n) is 7.38. The number of nitrogen functional groups attached to an aromatic ring is 1. The van der Waals surface area contributed by atoms with Crippen molar-refractivity contribution in [3.8, 4) is 24.2 Å². The summed E-state index contributed by atoms with van der Waals surface area (Å²) in [6.07, 6.45) is 2.08. The molecule has 1 aromatic rings. The van der Waals surface area contributed by atoms with Crippen LogP contribution in [0, 0.1) is 24.2 Å². The van der Waals surface area contributed by atoms with E-state index in [1.165, 1.54) is 0 Å². The number of anilines is 1. The van der Waals surface area contributed by atoms with Crippen molar-refractivity contribution in [1.29, 1.82) is 0 Å². The van der Waals surface area contributed by atoms with Crippen molar-refractivity contribution >= 4 is 29.3 Å². The predicted molar refractivity (Wildman–Crippen MR) is 123 cm³/mol. The average molecular weight is 587 g/mol. The smallest absolute Gasteiger partial charge is 0.387 e. The van der Waals surface area contributed by atoms with Crippen LogP contribution in [0.25, 0.3) is 0 Å². The highest BCUT2D eigenvalue weighted by molar-refractivity contribution is 7.66. The number of phosphoric ester groups is 1. The Morgan fingerprint density at radius 3 is 2.35 bits per heavy atom. The van der Waals surface area contributed by atoms with Crippen LogP contribution in [-0.4, -0.2) is 64.3 Å². The molecular weight excluding hydrogens is 563 g/mol. The molecule has 1 aromatic heterocycles. The zero-order chi connectivity index (χ0) is 28.0.